The summed E-state index contributed by atoms with van der Waals surface area (Å²) in [7, 11) is 0. The van der Waals surface area contributed by atoms with Gasteiger partial charge in [-0.05, 0) is 30.3 Å². The Morgan fingerprint density at radius 2 is 1.50 bits per heavy atom. The van der Waals surface area contributed by atoms with Gasteiger partial charge in [-0.2, -0.15) is 21.0 Å². The Morgan fingerprint density at radius 3 is 1.96 bits per heavy atom. The van der Waals surface area contributed by atoms with Crippen molar-refractivity contribution in [2.75, 3.05) is 13.2 Å². The smallest absolute Gasteiger partial charge is 0.138 e. The first kappa shape index (κ1) is 21.7. The molecule has 1 aliphatic carbocycles. The second kappa shape index (κ2) is 10.6. The summed E-state index contributed by atoms with van der Waals surface area (Å²) >= 11 is 0. The van der Waals surface area contributed by atoms with Crippen LogP contribution in [0.3, 0.4) is 0 Å². The molecule has 0 spiro atoms. The van der Waals surface area contributed by atoms with Gasteiger partial charge >= 0.3 is 0 Å². The van der Waals surface area contributed by atoms with E-state index in [0.29, 0.717) is 43.5 Å². The summed E-state index contributed by atoms with van der Waals surface area (Å²) in [5.41, 5.74) is 0.663. The molecule has 1 fully saturated rings. The van der Waals surface area contributed by atoms with Crippen LogP contribution in [-0.2, 0) is 9.47 Å². The van der Waals surface area contributed by atoms with Crippen LogP contribution in [0.25, 0.3) is 0 Å². The third-order valence-corrected chi connectivity index (χ3v) is 4.30. The molecule has 138 valence electrons. The van der Waals surface area contributed by atoms with Gasteiger partial charge in [-0.25, -0.2) is 0 Å². The molecule has 0 bridgehead atoms. The topological polar surface area (TPSA) is 114 Å². The highest BCUT2D eigenvalue weighted by atomic mass is 16.5. The third kappa shape index (κ3) is 5.86. The van der Waals surface area contributed by atoms with Crippen molar-refractivity contribution in [1.29, 1.82) is 21.0 Å². The van der Waals surface area contributed by atoms with Gasteiger partial charge in [0.05, 0.1) is 24.3 Å². The van der Waals surface area contributed by atoms with Gasteiger partial charge in [0.25, 0.3) is 0 Å². The van der Waals surface area contributed by atoms with Crippen LogP contribution in [0.15, 0.2) is 11.1 Å². The van der Waals surface area contributed by atoms with Gasteiger partial charge in [-0.3, -0.25) is 0 Å². The molecule has 6 nitrogen and oxygen atoms in total. The first-order chi connectivity index (χ1) is 12.4. The Morgan fingerprint density at radius 1 is 0.962 bits per heavy atom. The lowest BCUT2D eigenvalue weighted by atomic mass is 9.74. The van der Waals surface area contributed by atoms with Crippen LogP contribution in [0.4, 0.5) is 0 Å². The van der Waals surface area contributed by atoms with Gasteiger partial charge in [0.2, 0.25) is 0 Å². The van der Waals surface area contributed by atoms with E-state index in [2.05, 4.69) is 12.1 Å². The Labute approximate surface area is 156 Å². The second-order valence-electron chi connectivity index (χ2n) is 7.44. The molecule has 3 atom stereocenters. The summed E-state index contributed by atoms with van der Waals surface area (Å²) < 4.78 is 11.9. The van der Waals surface area contributed by atoms with E-state index in [1.54, 1.807) is 0 Å². The fraction of sp³-hybridized carbons (Fsp3) is 0.700. The minimum atomic E-state index is -0.813. The Hall–Kier alpha value is -2.38. The van der Waals surface area contributed by atoms with E-state index in [-0.39, 0.29) is 17.6 Å². The Balaban J connectivity index is 3.21. The van der Waals surface area contributed by atoms with Crippen molar-refractivity contribution in [3.05, 3.63) is 11.1 Å². The largest absolute Gasteiger partial charge is 0.377 e. The summed E-state index contributed by atoms with van der Waals surface area (Å²) in [4.78, 5) is 0. The van der Waals surface area contributed by atoms with Crippen LogP contribution < -0.4 is 0 Å². The van der Waals surface area contributed by atoms with Crippen molar-refractivity contribution in [2.24, 2.45) is 23.7 Å². The summed E-state index contributed by atoms with van der Waals surface area (Å²) in [6.07, 6.45) is -0.105. The molecule has 0 N–H and O–H groups in total. The summed E-state index contributed by atoms with van der Waals surface area (Å²) in [5, 5.41) is 37.3. The van der Waals surface area contributed by atoms with Crippen molar-refractivity contribution in [1.82, 2.24) is 0 Å². The van der Waals surface area contributed by atoms with Crippen LogP contribution in [0.2, 0.25) is 0 Å². The summed E-state index contributed by atoms with van der Waals surface area (Å²) in [6, 6.07) is 8.01. The standard InChI is InChI=1S/C20H26N4O2/c1-13(2)11-25-19-5-18(16(9-23)10-24)20(26-12-14(3)4)6-17(19)15(7-21)8-22/h13-15,17,19-20H,5-6,11-12H2,1-4H3. The summed E-state index contributed by atoms with van der Waals surface area (Å²) in [6.45, 7) is 9.04. The molecule has 26 heavy (non-hydrogen) atoms. The van der Waals surface area contributed by atoms with E-state index in [0.717, 1.165) is 0 Å². The van der Waals surface area contributed by atoms with Crippen molar-refractivity contribution in [3.63, 3.8) is 0 Å². The lowest BCUT2D eigenvalue weighted by Gasteiger charge is -2.38. The fourth-order valence-electron chi connectivity index (χ4n) is 3.02. The fourth-order valence-corrected chi connectivity index (χ4v) is 3.02. The molecule has 0 radical (unpaired) electrons. The average Bonchev–Trinajstić information content (AvgIpc) is 2.61. The van der Waals surface area contributed by atoms with Gasteiger partial charge in [0.15, 0.2) is 0 Å². The molecule has 0 amide bonds. The van der Waals surface area contributed by atoms with E-state index in [9.17, 15) is 21.0 Å². The Bertz CT molecular complexity index is 640. The molecular formula is C20H26N4O2. The van der Waals surface area contributed by atoms with E-state index in [1.165, 1.54) is 0 Å². The number of hydrogen-bond acceptors (Lipinski definition) is 6. The van der Waals surface area contributed by atoms with Crippen LogP contribution >= 0.6 is 0 Å². The lowest BCUT2D eigenvalue weighted by molar-refractivity contribution is -0.0553. The maximum Gasteiger partial charge on any atom is 0.138 e. The van der Waals surface area contributed by atoms with Crippen LogP contribution in [0.5, 0.6) is 0 Å². The van der Waals surface area contributed by atoms with Crippen LogP contribution in [0.1, 0.15) is 40.5 Å². The van der Waals surface area contributed by atoms with Gasteiger partial charge < -0.3 is 9.47 Å². The number of hydrogen-bond donors (Lipinski definition) is 0. The normalized spacial score (nSPS) is 22.6. The van der Waals surface area contributed by atoms with Gasteiger partial charge in [0.1, 0.15) is 23.6 Å². The maximum absolute atomic E-state index is 9.36. The van der Waals surface area contributed by atoms with Gasteiger partial charge in [0, 0.05) is 19.1 Å². The van der Waals surface area contributed by atoms with Crippen molar-refractivity contribution in [2.45, 2.75) is 52.7 Å². The molecule has 0 aromatic rings. The highest BCUT2D eigenvalue weighted by Gasteiger charge is 2.41. The molecule has 0 aliphatic heterocycles. The quantitative estimate of drug-likeness (QED) is 0.647. The molecular weight excluding hydrogens is 328 g/mol. The predicted molar refractivity (Wildman–Crippen MR) is 94.8 cm³/mol. The van der Waals surface area contributed by atoms with Gasteiger partial charge in [-0.15, -0.1) is 0 Å². The average molecular weight is 354 g/mol. The molecule has 0 aromatic heterocycles. The second-order valence-corrected chi connectivity index (χ2v) is 7.44. The zero-order valence-electron chi connectivity index (χ0n) is 15.9. The Kier molecular flexibility index (Phi) is 8.81. The summed E-state index contributed by atoms with van der Waals surface area (Å²) in [5.74, 6) is -0.540. The van der Waals surface area contributed by atoms with Gasteiger partial charge in [-0.1, -0.05) is 27.7 Å². The van der Waals surface area contributed by atoms with E-state index < -0.39 is 12.0 Å². The van der Waals surface area contributed by atoms with Crippen molar-refractivity contribution < 1.29 is 9.47 Å². The van der Waals surface area contributed by atoms with Crippen molar-refractivity contribution >= 4 is 0 Å². The first-order valence-electron chi connectivity index (χ1n) is 8.93. The number of rotatable bonds is 7. The molecule has 6 heteroatoms. The molecule has 0 heterocycles. The zero-order chi connectivity index (χ0) is 19.7. The predicted octanol–water partition coefficient (Wildman–Crippen LogP) is 3.49. The number of nitriles is 4. The highest BCUT2D eigenvalue weighted by Crippen LogP contribution is 2.38. The van der Waals surface area contributed by atoms with Crippen LogP contribution in [-0.4, -0.2) is 25.4 Å². The highest BCUT2D eigenvalue weighted by molar-refractivity contribution is 5.43. The molecule has 3 unspecified atom stereocenters. The molecule has 1 saturated carbocycles. The van der Waals surface area contributed by atoms with E-state index in [4.69, 9.17) is 9.47 Å². The maximum atomic E-state index is 9.36. The molecule has 0 aromatic carbocycles. The SMILES string of the molecule is CC(C)COC1CC(C(C#N)C#N)C(OCC(C)C)CC1=C(C#N)C#N. The lowest BCUT2D eigenvalue weighted by Crippen LogP contribution is -2.41. The minimum absolute atomic E-state index is 0.0424. The van der Waals surface area contributed by atoms with E-state index in [1.807, 2.05) is 39.8 Å². The monoisotopic (exact) mass is 354 g/mol. The number of allylic oxidation sites excluding steroid dienone is 1. The molecule has 1 rings (SSSR count). The number of nitrogens with zero attached hydrogens (tertiary/aromatic N) is 4. The first-order valence-corrected chi connectivity index (χ1v) is 8.93. The molecule has 0 saturated heterocycles. The van der Waals surface area contributed by atoms with Crippen molar-refractivity contribution in [3.8, 4) is 24.3 Å². The number of ether oxygens (including phenoxy) is 2. The zero-order valence-corrected chi connectivity index (χ0v) is 15.9. The van der Waals surface area contributed by atoms with Crippen LogP contribution in [0, 0.1) is 69.0 Å². The third-order valence-electron chi connectivity index (χ3n) is 4.30. The molecule has 1 aliphatic rings. The van der Waals surface area contributed by atoms with E-state index >= 15 is 0 Å². The minimum Gasteiger partial charge on any atom is -0.377 e.